The molecule has 1 atom stereocenters. The van der Waals surface area contributed by atoms with Crippen molar-refractivity contribution in [2.45, 2.75) is 19.6 Å². The van der Waals surface area contributed by atoms with Gasteiger partial charge in [0.1, 0.15) is 0 Å². The van der Waals surface area contributed by atoms with Crippen molar-refractivity contribution in [1.29, 1.82) is 0 Å². The van der Waals surface area contributed by atoms with E-state index in [9.17, 15) is 9.59 Å². The Hall–Kier alpha value is -3.06. The predicted molar refractivity (Wildman–Crippen MR) is 93.2 cm³/mol. The number of hydrogen-bond donors (Lipinski definition) is 1. The van der Waals surface area contributed by atoms with Gasteiger partial charge in [-0.3, -0.25) is 4.79 Å². The minimum atomic E-state index is -0.959. The van der Waals surface area contributed by atoms with E-state index in [1.165, 1.54) is 6.92 Å². The maximum atomic E-state index is 12.3. The van der Waals surface area contributed by atoms with E-state index in [1.807, 2.05) is 6.07 Å². The summed E-state index contributed by atoms with van der Waals surface area (Å²) in [5, 5.41) is 2.69. The van der Waals surface area contributed by atoms with E-state index < -0.39 is 18.0 Å². The highest BCUT2D eigenvalue weighted by atomic mass is 16.7. The third kappa shape index (κ3) is 4.12. The zero-order valence-electron chi connectivity index (χ0n) is 14.5. The Morgan fingerprint density at radius 2 is 1.96 bits per heavy atom. The molecule has 136 valence electrons. The molecule has 7 nitrogen and oxygen atoms in total. The molecule has 1 amide bonds. The molecule has 0 saturated carbocycles. The number of ether oxygens (including phenoxy) is 4. The van der Waals surface area contributed by atoms with Crippen LogP contribution in [0.5, 0.6) is 11.5 Å². The number of carbonyl (C=O) groups excluding carboxylic acids is 2. The topological polar surface area (TPSA) is 83.1 Å². The Morgan fingerprint density at radius 1 is 1.15 bits per heavy atom. The van der Waals surface area contributed by atoms with Crippen LogP contribution in [-0.4, -0.2) is 31.9 Å². The van der Waals surface area contributed by atoms with Gasteiger partial charge in [-0.15, -0.1) is 0 Å². The van der Waals surface area contributed by atoms with Crippen molar-refractivity contribution >= 4 is 17.6 Å². The lowest BCUT2D eigenvalue weighted by Gasteiger charge is -2.14. The molecule has 1 N–H and O–H groups in total. The van der Waals surface area contributed by atoms with Gasteiger partial charge in [0.05, 0.1) is 12.2 Å². The molecule has 0 spiro atoms. The molecule has 1 aliphatic heterocycles. The Morgan fingerprint density at radius 3 is 2.77 bits per heavy atom. The van der Waals surface area contributed by atoms with Crippen LogP contribution in [0.4, 0.5) is 5.69 Å². The largest absolute Gasteiger partial charge is 0.454 e. The third-order valence-electron chi connectivity index (χ3n) is 3.77. The van der Waals surface area contributed by atoms with Gasteiger partial charge < -0.3 is 24.3 Å². The van der Waals surface area contributed by atoms with Gasteiger partial charge in [-0.1, -0.05) is 12.1 Å². The fourth-order valence-electron chi connectivity index (χ4n) is 2.46. The summed E-state index contributed by atoms with van der Waals surface area (Å²) in [5.74, 6) is 0.169. The molecule has 0 aliphatic carbocycles. The van der Waals surface area contributed by atoms with Crippen LogP contribution in [0.2, 0.25) is 0 Å². The summed E-state index contributed by atoms with van der Waals surface area (Å²) < 4.78 is 20.8. The second-order valence-electron chi connectivity index (χ2n) is 5.74. The Balaban J connectivity index is 1.60. The van der Waals surface area contributed by atoms with Gasteiger partial charge in [-0.05, 0) is 36.8 Å². The van der Waals surface area contributed by atoms with Gasteiger partial charge in [0.25, 0.3) is 5.91 Å². The summed E-state index contributed by atoms with van der Waals surface area (Å²) in [6, 6.07) is 11.9. The monoisotopic (exact) mass is 357 g/mol. The molecule has 0 aromatic heterocycles. The molecule has 0 saturated heterocycles. The van der Waals surface area contributed by atoms with Crippen molar-refractivity contribution < 1.29 is 28.5 Å². The number of amides is 1. The molecule has 7 heteroatoms. The molecule has 0 unspecified atom stereocenters. The number of esters is 1. The summed E-state index contributed by atoms with van der Waals surface area (Å²) in [7, 11) is 1.58. The first-order valence-corrected chi connectivity index (χ1v) is 8.06. The minimum absolute atomic E-state index is 0.156. The van der Waals surface area contributed by atoms with Gasteiger partial charge in [0.2, 0.25) is 6.79 Å². The molecule has 2 aromatic carbocycles. The van der Waals surface area contributed by atoms with E-state index in [0.29, 0.717) is 29.4 Å². The van der Waals surface area contributed by atoms with Gasteiger partial charge in [-0.25, -0.2) is 4.79 Å². The number of nitrogens with one attached hydrogen (secondary N) is 1. The second kappa shape index (κ2) is 7.88. The number of anilines is 1. The molecule has 3 rings (SSSR count). The zero-order valence-corrected chi connectivity index (χ0v) is 14.5. The van der Waals surface area contributed by atoms with Crippen molar-refractivity contribution in [3.63, 3.8) is 0 Å². The van der Waals surface area contributed by atoms with E-state index in [4.69, 9.17) is 18.9 Å². The van der Waals surface area contributed by atoms with Crippen LogP contribution in [0.15, 0.2) is 42.5 Å². The number of hydrogen-bond acceptors (Lipinski definition) is 6. The smallest absolute Gasteiger partial charge is 0.338 e. The summed E-state index contributed by atoms with van der Waals surface area (Å²) in [6.45, 7) is 2.06. The van der Waals surface area contributed by atoms with Crippen molar-refractivity contribution in [2.24, 2.45) is 0 Å². The minimum Gasteiger partial charge on any atom is -0.454 e. The summed E-state index contributed by atoms with van der Waals surface area (Å²) in [4.78, 5) is 24.5. The van der Waals surface area contributed by atoms with Crippen LogP contribution in [-0.2, 0) is 20.9 Å². The number of benzene rings is 2. The Bertz CT molecular complexity index is 819. The number of fused-ring (bicyclic) bond motifs is 1. The highest BCUT2D eigenvalue weighted by Gasteiger charge is 2.20. The predicted octanol–water partition coefficient (Wildman–Crippen LogP) is 2.75. The molecule has 1 heterocycles. The van der Waals surface area contributed by atoms with E-state index in [2.05, 4.69) is 5.32 Å². The van der Waals surface area contributed by atoms with Crippen LogP contribution in [0.3, 0.4) is 0 Å². The van der Waals surface area contributed by atoms with E-state index in [0.717, 1.165) is 5.56 Å². The quantitative estimate of drug-likeness (QED) is 0.801. The fourth-order valence-corrected chi connectivity index (χ4v) is 2.46. The van der Waals surface area contributed by atoms with Crippen molar-refractivity contribution in [3.8, 4) is 11.5 Å². The molecule has 26 heavy (non-hydrogen) atoms. The third-order valence-corrected chi connectivity index (χ3v) is 3.77. The molecule has 1 aliphatic rings. The normalized spacial score (nSPS) is 13.2. The maximum absolute atomic E-state index is 12.3. The van der Waals surface area contributed by atoms with E-state index in [1.54, 1.807) is 43.5 Å². The van der Waals surface area contributed by atoms with Crippen molar-refractivity contribution in [1.82, 2.24) is 0 Å². The van der Waals surface area contributed by atoms with Crippen LogP contribution in [0.25, 0.3) is 0 Å². The molecular formula is C19H19NO6. The first-order valence-electron chi connectivity index (χ1n) is 8.06. The first-order chi connectivity index (χ1) is 12.6. The highest BCUT2D eigenvalue weighted by molar-refractivity contribution is 5.97. The van der Waals surface area contributed by atoms with Crippen LogP contribution in [0, 0.1) is 0 Å². The molecule has 0 radical (unpaired) electrons. The lowest BCUT2D eigenvalue weighted by atomic mass is 10.1. The summed E-state index contributed by atoms with van der Waals surface area (Å²) >= 11 is 0. The highest BCUT2D eigenvalue weighted by Crippen LogP contribution is 2.34. The number of rotatable bonds is 6. The lowest BCUT2D eigenvalue weighted by molar-refractivity contribution is -0.123. The average Bonchev–Trinajstić information content (AvgIpc) is 3.10. The molecular weight excluding hydrogens is 338 g/mol. The van der Waals surface area contributed by atoms with E-state index in [-0.39, 0.29) is 6.79 Å². The molecule has 2 aromatic rings. The van der Waals surface area contributed by atoms with Gasteiger partial charge in [0, 0.05) is 18.9 Å². The maximum Gasteiger partial charge on any atom is 0.338 e. The van der Waals surface area contributed by atoms with Crippen LogP contribution >= 0.6 is 0 Å². The Kier molecular flexibility index (Phi) is 5.38. The van der Waals surface area contributed by atoms with Gasteiger partial charge in [-0.2, -0.15) is 0 Å². The average molecular weight is 357 g/mol. The SMILES string of the molecule is COCc1cccc(C(=O)O[C@H](C)C(=O)Nc2ccc3c(c2)OCO3)c1. The summed E-state index contributed by atoms with van der Waals surface area (Å²) in [5.41, 5.74) is 1.74. The lowest BCUT2D eigenvalue weighted by Crippen LogP contribution is -2.30. The van der Waals surface area contributed by atoms with E-state index >= 15 is 0 Å². The molecule has 0 bridgehead atoms. The zero-order chi connectivity index (χ0) is 18.5. The first kappa shape index (κ1) is 17.8. The number of carbonyl (C=O) groups is 2. The van der Waals surface area contributed by atoms with Gasteiger partial charge in [0.15, 0.2) is 17.6 Å². The van der Waals surface area contributed by atoms with Crippen molar-refractivity contribution in [3.05, 3.63) is 53.6 Å². The Labute approximate surface area is 150 Å². The van der Waals surface area contributed by atoms with Crippen LogP contribution < -0.4 is 14.8 Å². The number of methoxy groups -OCH3 is 1. The van der Waals surface area contributed by atoms with Crippen LogP contribution in [0.1, 0.15) is 22.8 Å². The second-order valence-corrected chi connectivity index (χ2v) is 5.74. The van der Waals surface area contributed by atoms with Gasteiger partial charge >= 0.3 is 5.97 Å². The standard InChI is InChI=1S/C19H19NO6/c1-12(26-19(22)14-5-3-4-13(8-14)10-23-2)18(21)20-15-6-7-16-17(9-15)25-11-24-16/h3-9,12H,10-11H2,1-2H3,(H,20,21)/t12-/m1/s1. The summed E-state index contributed by atoms with van der Waals surface area (Å²) in [6.07, 6.45) is -0.959. The molecule has 0 fully saturated rings. The fraction of sp³-hybridized carbons (Fsp3) is 0.263. The van der Waals surface area contributed by atoms with Crippen molar-refractivity contribution in [2.75, 3.05) is 19.2 Å².